The van der Waals surface area contributed by atoms with E-state index in [2.05, 4.69) is 58.1 Å². The van der Waals surface area contributed by atoms with E-state index < -0.39 is 0 Å². The zero-order valence-electron chi connectivity index (χ0n) is 14.4. The third-order valence-corrected chi connectivity index (χ3v) is 6.62. The number of aryl methyl sites for hydroxylation is 2. The number of benzene rings is 1. The molecule has 0 spiro atoms. The smallest absolute Gasteiger partial charge is 0.0146 e. The Bertz CT molecular complexity index is 513. The van der Waals surface area contributed by atoms with Crippen molar-refractivity contribution in [2.24, 2.45) is 16.7 Å². The Morgan fingerprint density at radius 2 is 1.76 bits per heavy atom. The van der Waals surface area contributed by atoms with Crippen molar-refractivity contribution >= 4 is 0 Å². The second-order valence-corrected chi connectivity index (χ2v) is 8.25. The van der Waals surface area contributed by atoms with Gasteiger partial charge >= 0.3 is 0 Å². The number of likely N-dealkylation sites (N-methyl/N-ethyl adjacent to an activating group) is 1. The van der Waals surface area contributed by atoms with Crippen LogP contribution in [-0.2, 0) is 19.3 Å². The highest BCUT2D eigenvalue weighted by Gasteiger charge is 2.66. The predicted molar refractivity (Wildman–Crippen MR) is 90.7 cm³/mol. The van der Waals surface area contributed by atoms with E-state index in [4.69, 9.17) is 0 Å². The van der Waals surface area contributed by atoms with Crippen LogP contribution in [0.1, 0.15) is 57.7 Å². The van der Waals surface area contributed by atoms with Crippen molar-refractivity contribution < 1.29 is 0 Å². The minimum absolute atomic E-state index is 0.455. The second-order valence-electron chi connectivity index (χ2n) is 8.25. The normalized spacial score (nSPS) is 23.9. The third-order valence-electron chi connectivity index (χ3n) is 6.62. The van der Waals surface area contributed by atoms with Gasteiger partial charge < -0.3 is 5.32 Å². The Balaban J connectivity index is 1.77. The fraction of sp³-hybridized carbons (Fsp3) is 0.700. The summed E-state index contributed by atoms with van der Waals surface area (Å²) in [5.74, 6) is 0.776. The summed E-state index contributed by atoms with van der Waals surface area (Å²) in [6.45, 7) is 13.0. The lowest BCUT2D eigenvalue weighted by molar-refractivity contribution is 0.403. The predicted octanol–water partition coefficient (Wildman–Crippen LogP) is 4.38. The SMILES string of the molecule is CCNC(Cc1ccc2c(c1)CCC2)C1C(C)(C)C1(C)C. The molecule has 2 aliphatic rings. The van der Waals surface area contributed by atoms with E-state index in [1.807, 2.05) is 0 Å². The monoisotopic (exact) mass is 285 g/mol. The molecule has 0 heterocycles. The van der Waals surface area contributed by atoms with Crippen molar-refractivity contribution in [3.63, 3.8) is 0 Å². The number of nitrogens with one attached hydrogen (secondary N) is 1. The second kappa shape index (κ2) is 5.12. The molecule has 2 aliphatic carbocycles. The molecule has 1 N–H and O–H groups in total. The zero-order chi connectivity index (χ0) is 15.3. The van der Waals surface area contributed by atoms with E-state index in [1.54, 1.807) is 11.1 Å². The van der Waals surface area contributed by atoms with Gasteiger partial charge in [0.15, 0.2) is 0 Å². The van der Waals surface area contributed by atoms with Gasteiger partial charge in [0.1, 0.15) is 0 Å². The van der Waals surface area contributed by atoms with Gasteiger partial charge in [0.2, 0.25) is 0 Å². The van der Waals surface area contributed by atoms with Gasteiger partial charge in [0.05, 0.1) is 0 Å². The summed E-state index contributed by atoms with van der Waals surface area (Å²) >= 11 is 0. The molecule has 116 valence electrons. The largest absolute Gasteiger partial charge is 0.314 e. The van der Waals surface area contributed by atoms with Crippen molar-refractivity contribution in [1.29, 1.82) is 0 Å². The van der Waals surface area contributed by atoms with Gasteiger partial charge in [-0.3, -0.25) is 0 Å². The molecule has 0 aliphatic heterocycles. The van der Waals surface area contributed by atoms with Crippen LogP contribution in [0.2, 0.25) is 0 Å². The van der Waals surface area contributed by atoms with Crippen LogP contribution in [0.25, 0.3) is 0 Å². The van der Waals surface area contributed by atoms with E-state index in [0.717, 1.165) is 12.5 Å². The molecule has 1 atom stereocenters. The van der Waals surface area contributed by atoms with Gasteiger partial charge in [-0.15, -0.1) is 0 Å². The maximum atomic E-state index is 3.77. The molecule has 0 bridgehead atoms. The van der Waals surface area contributed by atoms with Gasteiger partial charge in [-0.25, -0.2) is 0 Å². The maximum absolute atomic E-state index is 3.77. The average molecular weight is 285 g/mol. The van der Waals surface area contributed by atoms with Gasteiger partial charge in [-0.1, -0.05) is 52.8 Å². The molecule has 1 fully saturated rings. The summed E-state index contributed by atoms with van der Waals surface area (Å²) in [5.41, 5.74) is 5.63. The molecule has 0 saturated heterocycles. The standard InChI is InChI=1S/C20H31N/c1-6-21-17(18-19(2,3)20(18,4)5)13-14-10-11-15-8-7-9-16(15)12-14/h10-12,17-18,21H,6-9,13H2,1-5H3. The van der Waals surface area contributed by atoms with Crippen molar-refractivity contribution in [1.82, 2.24) is 5.32 Å². The first kappa shape index (κ1) is 15.1. The summed E-state index contributed by atoms with van der Waals surface area (Å²) in [7, 11) is 0. The zero-order valence-corrected chi connectivity index (χ0v) is 14.4. The molecule has 1 saturated carbocycles. The van der Waals surface area contributed by atoms with Gasteiger partial charge in [-0.2, -0.15) is 0 Å². The van der Waals surface area contributed by atoms with Crippen LogP contribution >= 0.6 is 0 Å². The van der Waals surface area contributed by atoms with Gasteiger partial charge in [0.25, 0.3) is 0 Å². The minimum Gasteiger partial charge on any atom is -0.314 e. The Labute approximate surface area is 130 Å². The summed E-state index contributed by atoms with van der Waals surface area (Å²) in [6, 6.07) is 7.84. The Hall–Kier alpha value is -0.820. The molecule has 0 radical (unpaired) electrons. The first-order valence-corrected chi connectivity index (χ1v) is 8.72. The first-order chi connectivity index (χ1) is 9.88. The number of hydrogen-bond acceptors (Lipinski definition) is 1. The number of hydrogen-bond donors (Lipinski definition) is 1. The van der Waals surface area contributed by atoms with E-state index in [1.165, 1.54) is 31.2 Å². The van der Waals surface area contributed by atoms with Gasteiger partial charge in [-0.05, 0) is 65.7 Å². The molecule has 3 rings (SSSR count). The van der Waals surface area contributed by atoms with Crippen LogP contribution in [0.15, 0.2) is 18.2 Å². The Morgan fingerprint density at radius 3 is 2.38 bits per heavy atom. The van der Waals surface area contributed by atoms with Gasteiger partial charge in [0, 0.05) is 6.04 Å². The Morgan fingerprint density at radius 1 is 1.10 bits per heavy atom. The molecule has 0 aromatic heterocycles. The fourth-order valence-corrected chi connectivity index (χ4v) is 4.83. The third kappa shape index (κ3) is 2.44. The van der Waals surface area contributed by atoms with E-state index in [-0.39, 0.29) is 0 Å². The highest BCUT2D eigenvalue weighted by molar-refractivity contribution is 5.36. The van der Waals surface area contributed by atoms with Crippen LogP contribution < -0.4 is 5.32 Å². The highest BCUT2D eigenvalue weighted by Crippen LogP contribution is 2.69. The Kier molecular flexibility index (Phi) is 3.68. The maximum Gasteiger partial charge on any atom is 0.0146 e. The van der Waals surface area contributed by atoms with Crippen LogP contribution in [0, 0.1) is 16.7 Å². The van der Waals surface area contributed by atoms with Crippen molar-refractivity contribution in [3.8, 4) is 0 Å². The lowest BCUT2D eigenvalue weighted by Crippen LogP contribution is -2.35. The topological polar surface area (TPSA) is 12.0 Å². The van der Waals surface area contributed by atoms with Crippen LogP contribution in [0.3, 0.4) is 0 Å². The fourth-order valence-electron chi connectivity index (χ4n) is 4.83. The van der Waals surface area contributed by atoms with E-state index >= 15 is 0 Å². The molecular weight excluding hydrogens is 254 g/mol. The first-order valence-electron chi connectivity index (χ1n) is 8.72. The molecule has 1 unspecified atom stereocenters. The number of fused-ring (bicyclic) bond motifs is 1. The summed E-state index contributed by atoms with van der Waals surface area (Å²) < 4.78 is 0. The number of rotatable bonds is 5. The quantitative estimate of drug-likeness (QED) is 0.846. The van der Waals surface area contributed by atoms with Crippen molar-refractivity contribution in [2.75, 3.05) is 6.54 Å². The van der Waals surface area contributed by atoms with Crippen LogP contribution in [0.5, 0.6) is 0 Å². The molecular formula is C20H31N. The summed E-state index contributed by atoms with van der Waals surface area (Å²) in [6.07, 6.45) is 5.10. The van der Waals surface area contributed by atoms with E-state index in [0.29, 0.717) is 16.9 Å². The minimum atomic E-state index is 0.455. The summed E-state index contributed by atoms with van der Waals surface area (Å²) in [4.78, 5) is 0. The molecule has 1 heteroatoms. The summed E-state index contributed by atoms with van der Waals surface area (Å²) in [5, 5.41) is 3.77. The van der Waals surface area contributed by atoms with Crippen molar-refractivity contribution in [3.05, 3.63) is 34.9 Å². The highest BCUT2D eigenvalue weighted by atomic mass is 15.0. The van der Waals surface area contributed by atoms with Crippen LogP contribution in [0.4, 0.5) is 0 Å². The average Bonchev–Trinajstić information content (AvgIpc) is 2.76. The molecule has 21 heavy (non-hydrogen) atoms. The molecule has 1 aromatic carbocycles. The van der Waals surface area contributed by atoms with E-state index in [9.17, 15) is 0 Å². The molecule has 1 aromatic rings. The molecule has 0 amide bonds. The lowest BCUT2D eigenvalue weighted by atomic mass is 9.95. The van der Waals surface area contributed by atoms with Crippen molar-refractivity contribution in [2.45, 2.75) is 66.3 Å². The molecule has 1 nitrogen and oxygen atoms in total. The lowest BCUT2D eigenvalue weighted by Gasteiger charge is -2.21. The van der Waals surface area contributed by atoms with Crippen LogP contribution in [-0.4, -0.2) is 12.6 Å².